The van der Waals surface area contributed by atoms with Crippen LogP contribution in [-0.2, 0) is 14.3 Å². The van der Waals surface area contributed by atoms with Crippen molar-refractivity contribution in [2.45, 2.75) is 6.10 Å². The highest BCUT2D eigenvalue weighted by Crippen LogP contribution is 2.25. The zero-order chi connectivity index (χ0) is 15.5. The topological polar surface area (TPSA) is 76.2 Å². The van der Waals surface area contributed by atoms with Crippen LogP contribution in [0.5, 0.6) is 0 Å². The van der Waals surface area contributed by atoms with E-state index in [0.29, 0.717) is 13.2 Å². The highest BCUT2D eigenvalue weighted by molar-refractivity contribution is 5.94. The molecule has 3 rings (SSSR count). The molecular formula is C14H13F2N3O3. The molecule has 22 heavy (non-hydrogen) atoms. The third-order valence-electron chi connectivity index (χ3n) is 3.17. The highest BCUT2D eigenvalue weighted by atomic mass is 19.1. The Kier molecular flexibility index (Phi) is 4.12. The van der Waals surface area contributed by atoms with E-state index >= 15 is 0 Å². The van der Waals surface area contributed by atoms with Gasteiger partial charge in [0.05, 0.1) is 31.1 Å². The summed E-state index contributed by atoms with van der Waals surface area (Å²) in [5, 5.41) is 8.83. The van der Waals surface area contributed by atoms with Crippen LogP contribution in [0, 0.1) is 11.6 Å². The van der Waals surface area contributed by atoms with E-state index in [0.717, 1.165) is 12.1 Å². The summed E-state index contributed by atoms with van der Waals surface area (Å²) in [7, 11) is 0. The molecule has 0 aliphatic carbocycles. The molecule has 1 fully saturated rings. The Hall–Kier alpha value is -2.32. The number of hydrogen-bond acceptors (Lipinski definition) is 4. The lowest BCUT2D eigenvalue weighted by Gasteiger charge is -2.21. The number of aromatic nitrogens is 2. The van der Waals surface area contributed by atoms with Gasteiger partial charge >= 0.3 is 0 Å². The van der Waals surface area contributed by atoms with Crippen LogP contribution in [0.3, 0.4) is 0 Å². The molecule has 2 N–H and O–H groups in total. The van der Waals surface area contributed by atoms with Gasteiger partial charge < -0.3 is 14.8 Å². The smallest absolute Gasteiger partial charge is 0.257 e. The van der Waals surface area contributed by atoms with Gasteiger partial charge in [-0.2, -0.15) is 5.10 Å². The highest BCUT2D eigenvalue weighted by Gasteiger charge is 2.23. The number of halogens is 2. The Labute approximate surface area is 124 Å². The fourth-order valence-corrected chi connectivity index (χ4v) is 2.11. The van der Waals surface area contributed by atoms with Crippen molar-refractivity contribution in [2.75, 3.05) is 25.1 Å². The Morgan fingerprint density at radius 1 is 1.32 bits per heavy atom. The van der Waals surface area contributed by atoms with E-state index in [-0.39, 0.29) is 23.7 Å². The van der Waals surface area contributed by atoms with Crippen LogP contribution in [0.25, 0.3) is 11.3 Å². The summed E-state index contributed by atoms with van der Waals surface area (Å²) in [6.45, 7) is 0.943. The standard InChI is InChI=1S/C14H13F2N3O3/c15-8-2-1-3-9(16)13(8)10-6-12(19-18-10)17-14(20)11-7-21-4-5-22-11/h1-3,6,11H,4-5,7H2,(H2,17,18,19,20)/t11-/m0/s1. The van der Waals surface area contributed by atoms with E-state index in [9.17, 15) is 13.6 Å². The monoisotopic (exact) mass is 309 g/mol. The van der Waals surface area contributed by atoms with Crippen LogP contribution in [0.15, 0.2) is 24.3 Å². The van der Waals surface area contributed by atoms with Crippen molar-refractivity contribution in [3.8, 4) is 11.3 Å². The Bertz CT molecular complexity index is 663. The molecule has 1 saturated heterocycles. The van der Waals surface area contributed by atoms with E-state index in [2.05, 4.69) is 15.5 Å². The van der Waals surface area contributed by atoms with Crippen LogP contribution in [0.4, 0.5) is 14.6 Å². The molecule has 1 aromatic carbocycles. The maximum Gasteiger partial charge on any atom is 0.257 e. The summed E-state index contributed by atoms with van der Waals surface area (Å²) < 4.78 is 37.8. The minimum atomic E-state index is -0.723. The van der Waals surface area contributed by atoms with E-state index in [1.165, 1.54) is 12.1 Å². The zero-order valence-corrected chi connectivity index (χ0v) is 11.4. The third kappa shape index (κ3) is 2.97. The van der Waals surface area contributed by atoms with Gasteiger partial charge in [-0.25, -0.2) is 8.78 Å². The summed E-state index contributed by atoms with van der Waals surface area (Å²) in [6.07, 6.45) is -0.723. The van der Waals surface area contributed by atoms with Crippen molar-refractivity contribution in [2.24, 2.45) is 0 Å². The van der Waals surface area contributed by atoms with Crippen molar-refractivity contribution >= 4 is 11.7 Å². The SMILES string of the molecule is O=C(Nc1cc(-c2c(F)cccc2F)[nH]n1)[C@@H]1COCCO1. The molecule has 1 aliphatic heterocycles. The van der Waals surface area contributed by atoms with Crippen molar-refractivity contribution < 1.29 is 23.0 Å². The van der Waals surface area contributed by atoms with E-state index < -0.39 is 23.6 Å². The van der Waals surface area contributed by atoms with Crippen molar-refractivity contribution in [1.82, 2.24) is 10.2 Å². The van der Waals surface area contributed by atoms with Gasteiger partial charge in [0.2, 0.25) is 0 Å². The number of H-pyrrole nitrogens is 1. The number of nitrogens with zero attached hydrogens (tertiary/aromatic N) is 1. The summed E-state index contributed by atoms with van der Waals surface area (Å²) >= 11 is 0. The molecule has 2 aromatic rings. The summed E-state index contributed by atoms with van der Waals surface area (Å²) in [6, 6.07) is 4.91. The summed E-state index contributed by atoms with van der Waals surface area (Å²) in [4.78, 5) is 11.9. The number of rotatable bonds is 3. The van der Waals surface area contributed by atoms with Crippen molar-refractivity contribution in [3.05, 3.63) is 35.9 Å². The molecule has 0 unspecified atom stereocenters. The molecule has 8 heteroatoms. The second-order valence-electron chi connectivity index (χ2n) is 4.69. The number of amides is 1. The lowest BCUT2D eigenvalue weighted by molar-refractivity contribution is -0.142. The summed E-state index contributed by atoms with van der Waals surface area (Å²) in [5.74, 6) is -1.71. The first-order chi connectivity index (χ1) is 10.6. The maximum atomic E-state index is 13.7. The van der Waals surface area contributed by atoms with E-state index in [1.807, 2.05) is 0 Å². The van der Waals surface area contributed by atoms with Gasteiger partial charge in [0.25, 0.3) is 5.91 Å². The maximum absolute atomic E-state index is 13.7. The minimum Gasteiger partial charge on any atom is -0.376 e. The largest absolute Gasteiger partial charge is 0.376 e. The lowest BCUT2D eigenvalue weighted by Crippen LogP contribution is -2.39. The first-order valence-corrected chi connectivity index (χ1v) is 6.65. The molecule has 1 amide bonds. The first kappa shape index (κ1) is 14.6. The van der Waals surface area contributed by atoms with Crippen molar-refractivity contribution in [1.29, 1.82) is 0 Å². The van der Waals surface area contributed by atoms with Gasteiger partial charge in [0, 0.05) is 6.07 Å². The minimum absolute atomic E-state index is 0.131. The van der Waals surface area contributed by atoms with E-state index in [1.54, 1.807) is 0 Å². The number of hydrogen-bond donors (Lipinski definition) is 2. The second kappa shape index (κ2) is 6.20. The number of benzene rings is 1. The molecule has 1 aliphatic rings. The predicted molar refractivity (Wildman–Crippen MR) is 73.1 cm³/mol. The molecular weight excluding hydrogens is 296 g/mol. The summed E-state index contributed by atoms with van der Waals surface area (Å²) in [5.41, 5.74) is -0.0977. The first-order valence-electron chi connectivity index (χ1n) is 6.65. The lowest BCUT2D eigenvalue weighted by atomic mass is 10.1. The zero-order valence-electron chi connectivity index (χ0n) is 11.4. The number of aromatic amines is 1. The fraction of sp³-hybridized carbons (Fsp3) is 0.286. The van der Waals surface area contributed by atoms with Gasteiger partial charge in [0.1, 0.15) is 11.6 Å². The molecule has 0 radical (unpaired) electrons. The molecule has 0 spiro atoms. The van der Waals surface area contributed by atoms with Crippen LogP contribution in [-0.4, -0.2) is 42.0 Å². The van der Waals surface area contributed by atoms with Crippen LogP contribution >= 0.6 is 0 Å². The molecule has 1 aromatic heterocycles. The number of ether oxygens (including phenoxy) is 2. The number of anilines is 1. The number of carbonyl (C=O) groups is 1. The van der Waals surface area contributed by atoms with Gasteiger partial charge in [-0.3, -0.25) is 9.89 Å². The molecule has 1 atom stereocenters. The predicted octanol–water partition coefficient (Wildman–Crippen LogP) is 1.71. The Balaban J connectivity index is 1.75. The molecule has 116 valence electrons. The van der Waals surface area contributed by atoms with Gasteiger partial charge in [-0.1, -0.05) is 6.07 Å². The van der Waals surface area contributed by atoms with Gasteiger partial charge in [0.15, 0.2) is 11.9 Å². The van der Waals surface area contributed by atoms with Gasteiger partial charge in [-0.15, -0.1) is 0 Å². The number of nitrogens with one attached hydrogen (secondary N) is 2. The Morgan fingerprint density at radius 3 is 2.77 bits per heavy atom. The second-order valence-corrected chi connectivity index (χ2v) is 4.69. The average molecular weight is 309 g/mol. The van der Waals surface area contributed by atoms with E-state index in [4.69, 9.17) is 9.47 Å². The quantitative estimate of drug-likeness (QED) is 0.905. The average Bonchev–Trinajstić information content (AvgIpc) is 2.96. The molecule has 0 bridgehead atoms. The Morgan fingerprint density at radius 2 is 2.09 bits per heavy atom. The third-order valence-corrected chi connectivity index (χ3v) is 3.17. The molecule has 2 heterocycles. The van der Waals surface area contributed by atoms with Crippen LogP contribution < -0.4 is 5.32 Å². The fourth-order valence-electron chi connectivity index (χ4n) is 2.11. The van der Waals surface area contributed by atoms with Crippen molar-refractivity contribution in [3.63, 3.8) is 0 Å². The normalized spacial score (nSPS) is 18.2. The van der Waals surface area contributed by atoms with Crippen LogP contribution in [0.2, 0.25) is 0 Å². The molecule has 6 nitrogen and oxygen atoms in total. The van der Waals surface area contributed by atoms with Gasteiger partial charge in [-0.05, 0) is 12.1 Å². The molecule has 0 saturated carbocycles. The van der Waals surface area contributed by atoms with Crippen LogP contribution in [0.1, 0.15) is 0 Å². The number of carbonyl (C=O) groups excluding carboxylic acids is 1.